The van der Waals surface area contributed by atoms with Gasteiger partial charge in [-0.1, -0.05) is 12.8 Å². The monoisotopic (exact) mass is 414 g/mol. The average molecular weight is 415 g/mol. The topological polar surface area (TPSA) is 82.6 Å². The molecule has 29 heavy (non-hydrogen) atoms. The van der Waals surface area contributed by atoms with Crippen LogP contribution in [0.15, 0.2) is 53.7 Å². The maximum absolute atomic E-state index is 12.8. The van der Waals surface area contributed by atoms with Crippen LogP contribution in [0.5, 0.6) is 0 Å². The predicted molar refractivity (Wildman–Crippen MR) is 111 cm³/mol. The third-order valence-corrected chi connectivity index (χ3v) is 7.18. The summed E-state index contributed by atoms with van der Waals surface area (Å²) < 4.78 is 27.5. The molecule has 1 saturated carbocycles. The van der Waals surface area contributed by atoms with Gasteiger partial charge in [0.2, 0.25) is 0 Å². The SMILES string of the molecule is O=C(c1ccc(S(=O)(=O)Nc2ccncc2)cc1)N1CCN(C2CCCC2)CC1. The first-order valence-electron chi connectivity index (χ1n) is 10.1. The number of nitrogens with zero attached hydrogens (tertiary/aromatic N) is 3. The van der Waals surface area contributed by atoms with E-state index in [1.807, 2.05) is 4.90 Å². The van der Waals surface area contributed by atoms with Crippen molar-refractivity contribution in [2.24, 2.45) is 0 Å². The van der Waals surface area contributed by atoms with Gasteiger partial charge in [-0.15, -0.1) is 0 Å². The number of rotatable bonds is 5. The lowest BCUT2D eigenvalue weighted by atomic mass is 10.1. The molecule has 1 saturated heterocycles. The number of anilines is 1. The second kappa shape index (κ2) is 8.51. The van der Waals surface area contributed by atoms with Crippen molar-refractivity contribution in [1.29, 1.82) is 0 Å². The minimum absolute atomic E-state index is 0.0397. The summed E-state index contributed by atoms with van der Waals surface area (Å²) in [5.74, 6) is -0.0397. The highest BCUT2D eigenvalue weighted by Gasteiger charge is 2.28. The van der Waals surface area contributed by atoms with E-state index in [-0.39, 0.29) is 10.8 Å². The summed E-state index contributed by atoms with van der Waals surface area (Å²) >= 11 is 0. The third kappa shape index (κ3) is 4.59. The van der Waals surface area contributed by atoms with Gasteiger partial charge in [0, 0.05) is 50.2 Å². The quantitative estimate of drug-likeness (QED) is 0.813. The second-order valence-electron chi connectivity index (χ2n) is 7.63. The molecule has 154 valence electrons. The van der Waals surface area contributed by atoms with E-state index in [0.29, 0.717) is 17.3 Å². The standard InChI is InChI=1S/C21H26N4O3S/c26-21(25-15-13-24(14-16-25)19-3-1-2-4-19)17-5-7-20(8-6-17)29(27,28)23-18-9-11-22-12-10-18/h5-12,19H,1-4,13-16H2,(H,22,23). The predicted octanol–water partition coefficient (Wildman–Crippen LogP) is 2.58. The van der Waals surface area contributed by atoms with Crippen LogP contribution in [0.25, 0.3) is 0 Å². The number of hydrogen-bond donors (Lipinski definition) is 1. The molecule has 2 aromatic rings. The summed E-state index contributed by atoms with van der Waals surface area (Å²) in [5.41, 5.74) is 0.961. The maximum atomic E-state index is 12.8. The molecule has 1 aliphatic heterocycles. The average Bonchev–Trinajstić information content (AvgIpc) is 3.29. The fourth-order valence-electron chi connectivity index (χ4n) is 4.15. The number of benzene rings is 1. The molecule has 0 unspecified atom stereocenters. The maximum Gasteiger partial charge on any atom is 0.261 e. The normalized spacial score (nSPS) is 18.7. The number of carbonyl (C=O) groups is 1. The van der Waals surface area contributed by atoms with Crippen LogP contribution < -0.4 is 4.72 Å². The molecule has 1 aliphatic carbocycles. The molecule has 0 radical (unpaired) electrons. The Balaban J connectivity index is 1.38. The fourth-order valence-corrected chi connectivity index (χ4v) is 5.21. The van der Waals surface area contributed by atoms with Gasteiger partial charge >= 0.3 is 0 Å². The number of carbonyl (C=O) groups excluding carboxylic acids is 1. The van der Waals surface area contributed by atoms with Crippen LogP contribution in [-0.2, 0) is 10.0 Å². The van der Waals surface area contributed by atoms with Crippen molar-refractivity contribution in [1.82, 2.24) is 14.8 Å². The van der Waals surface area contributed by atoms with Gasteiger partial charge < -0.3 is 4.90 Å². The van der Waals surface area contributed by atoms with Crippen molar-refractivity contribution < 1.29 is 13.2 Å². The summed E-state index contributed by atoms with van der Waals surface area (Å²) in [7, 11) is -3.71. The Morgan fingerprint density at radius 2 is 1.55 bits per heavy atom. The zero-order valence-corrected chi connectivity index (χ0v) is 17.1. The number of sulfonamides is 1. The van der Waals surface area contributed by atoms with Crippen molar-refractivity contribution in [2.75, 3.05) is 30.9 Å². The van der Waals surface area contributed by atoms with E-state index in [1.54, 1.807) is 24.3 Å². The fraction of sp³-hybridized carbons (Fsp3) is 0.429. The first-order chi connectivity index (χ1) is 14.0. The van der Waals surface area contributed by atoms with E-state index >= 15 is 0 Å². The molecule has 1 amide bonds. The number of nitrogens with one attached hydrogen (secondary N) is 1. The smallest absolute Gasteiger partial charge is 0.261 e. The molecule has 2 fully saturated rings. The molecule has 1 aromatic carbocycles. The van der Waals surface area contributed by atoms with Crippen LogP contribution in [0.4, 0.5) is 5.69 Å². The molecule has 0 spiro atoms. The molecule has 0 atom stereocenters. The van der Waals surface area contributed by atoms with Crippen LogP contribution in [0.2, 0.25) is 0 Å². The van der Waals surface area contributed by atoms with Gasteiger partial charge in [0.05, 0.1) is 10.6 Å². The largest absolute Gasteiger partial charge is 0.336 e. The first kappa shape index (κ1) is 19.8. The van der Waals surface area contributed by atoms with Crippen molar-refractivity contribution >= 4 is 21.6 Å². The van der Waals surface area contributed by atoms with Gasteiger partial charge in [-0.05, 0) is 49.2 Å². The van der Waals surface area contributed by atoms with Gasteiger partial charge in [-0.3, -0.25) is 19.4 Å². The molecule has 1 aromatic heterocycles. The Kier molecular flexibility index (Phi) is 5.82. The minimum atomic E-state index is -3.71. The second-order valence-corrected chi connectivity index (χ2v) is 9.31. The highest BCUT2D eigenvalue weighted by Crippen LogP contribution is 2.24. The minimum Gasteiger partial charge on any atom is -0.336 e. The van der Waals surface area contributed by atoms with Gasteiger partial charge in [-0.25, -0.2) is 8.42 Å². The Labute approximate surface area is 171 Å². The lowest BCUT2D eigenvalue weighted by Crippen LogP contribution is -2.51. The van der Waals surface area contributed by atoms with E-state index < -0.39 is 10.0 Å². The molecule has 4 rings (SSSR count). The molecule has 0 bridgehead atoms. The first-order valence-corrected chi connectivity index (χ1v) is 11.6. The molecule has 1 N–H and O–H groups in total. The molecular formula is C21H26N4O3S. The van der Waals surface area contributed by atoms with Gasteiger partial charge in [0.15, 0.2) is 0 Å². The van der Waals surface area contributed by atoms with Crippen LogP contribution in [0.3, 0.4) is 0 Å². The highest BCUT2D eigenvalue weighted by atomic mass is 32.2. The molecule has 2 heterocycles. The molecular weight excluding hydrogens is 388 g/mol. The lowest BCUT2D eigenvalue weighted by molar-refractivity contribution is 0.0573. The lowest BCUT2D eigenvalue weighted by Gasteiger charge is -2.38. The Bertz CT molecular complexity index is 934. The van der Waals surface area contributed by atoms with Gasteiger partial charge in [-0.2, -0.15) is 0 Å². The molecule has 7 nitrogen and oxygen atoms in total. The van der Waals surface area contributed by atoms with E-state index in [0.717, 1.165) is 26.2 Å². The van der Waals surface area contributed by atoms with Crippen molar-refractivity contribution in [3.05, 3.63) is 54.4 Å². The number of pyridine rings is 1. The summed E-state index contributed by atoms with van der Waals surface area (Å²) in [4.78, 5) is 21.2. The van der Waals surface area contributed by atoms with Crippen LogP contribution in [0, 0.1) is 0 Å². The van der Waals surface area contributed by atoms with E-state index in [4.69, 9.17) is 0 Å². The van der Waals surface area contributed by atoms with Crippen LogP contribution in [0.1, 0.15) is 36.0 Å². The van der Waals surface area contributed by atoms with Crippen LogP contribution >= 0.6 is 0 Å². The summed E-state index contributed by atoms with van der Waals surface area (Å²) in [6, 6.07) is 9.99. The van der Waals surface area contributed by atoms with Crippen molar-refractivity contribution in [3.63, 3.8) is 0 Å². The van der Waals surface area contributed by atoms with E-state index in [2.05, 4.69) is 14.6 Å². The van der Waals surface area contributed by atoms with Crippen molar-refractivity contribution in [2.45, 2.75) is 36.6 Å². The van der Waals surface area contributed by atoms with E-state index in [1.165, 1.54) is 50.2 Å². The summed E-state index contributed by atoms with van der Waals surface area (Å²) in [5, 5.41) is 0. The number of piperazine rings is 1. The van der Waals surface area contributed by atoms with Crippen LogP contribution in [-0.4, -0.2) is 61.3 Å². The van der Waals surface area contributed by atoms with Gasteiger partial charge in [0.1, 0.15) is 0 Å². The number of amides is 1. The Morgan fingerprint density at radius 1 is 0.931 bits per heavy atom. The zero-order valence-electron chi connectivity index (χ0n) is 16.3. The molecule has 2 aliphatic rings. The Morgan fingerprint density at radius 3 is 2.17 bits per heavy atom. The van der Waals surface area contributed by atoms with Crippen molar-refractivity contribution in [3.8, 4) is 0 Å². The van der Waals surface area contributed by atoms with E-state index in [9.17, 15) is 13.2 Å². The zero-order chi connectivity index (χ0) is 20.3. The highest BCUT2D eigenvalue weighted by molar-refractivity contribution is 7.92. The third-order valence-electron chi connectivity index (χ3n) is 5.79. The number of aromatic nitrogens is 1. The molecule has 8 heteroatoms. The summed E-state index contributed by atoms with van der Waals surface area (Å²) in [6.07, 6.45) is 8.22. The van der Waals surface area contributed by atoms with Gasteiger partial charge in [0.25, 0.3) is 15.9 Å². The Hall–Kier alpha value is -2.45. The number of hydrogen-bond acceptors (Lipinski definition) is 5. The summed E-state index contributed by atoms with van der Waals surface area (Å²) in [6.45, 7) is 3.27.